The Kier molecular flexibility index (Phi) is 13.9. The summed E-state index contributed by atoms with van der Waals surface area (Å²) in [6, 6.07) is 1.96. The van der Waals surface area contributed by atoms with E-state index in [9.17, 15) is 14.7 Å². The maximum atomic E-state index is 13.5. The van der Waals surface area contributed by atoms with Gasteiger partial charge in [-0.3, -0.25) is 14.9 Å². The number of hydrogen-bond donors (Lipinski definition) is 4. The van der Waals surface area contributed by atoms with E-state index >= 15 is 0 Å². The van der Waals surface area contributed by atoms with Crippen molar-refractivity contribution in [2.24, 2.45) is 16.1 Å². The average molecular weight is 594 g/mol. The molecule has 5 N–H and O–H groups in total. The molecule has 0 bridgehead atoms. The summed E-state index contributed by atoms with van der Waals surface area (Å²) < 4.78 is 11.2. The van der Waals surface area contributed by atoms with Crippen molar-refractivity contribution in [3.8, 4) is 0 Å². The molecular weight excluding hydrogens is 542 g/mol. The highest BCUT2D eigenvalue weighted by atomic mass is 32.1. The maximum absolute atomic E-state index is 13.5. The largest absolute Gasteiger partial charge is 0.387 e. The van der Waals surface area contributed by atoms with Crippen molar-refractivity contribution in [2.45, 2.75) is 99.2 Å². The summed E-state index contributed by atoms with van der Waals surface area (Å²) in [5.41, 5.74) is 7.10. The Morgan fingerprint density at radius 1 is 1.17 bits per heavy atom. The van der Waals surface area contributed by atoms with Crippen LogP contribution in [0.4, 0.5) is 5.69 Å². The zero-order valence-corrected chi connectivity index (χ0v) is 26.8. The first-order valence-electron chi connectivity index (χ1n) is 14.6. The van der Waals surface area contributed by atoms with E-state index in [1.807, 2.05) is 65.5 Å². The van der Waals surface area contributed by atoms with Crippen LogP contribution >= 0.6 is 11.3 Å². The lowest BCUT2D eigenvalue weighted by Gasteiger charge is -2.24. The fourth-order valence-corrected chi connectivity index (χ4v) is 5.23. The van der Waals surface area contributed by atoms with E-state index < -0.39 is 12.0 Å². The number of ether oxygens (including phenoxy) is 2. The van der Waals surface area contributed by atoms with Crippen LogP contribution in [-0.2, 0) is 25.7 Å². The van der Waals surface area contributed by atoms with Crippen molar-refractivity contribution in [1.29, 1.82) is 0 Å². The summed E-state index contributed by atoms with van der Waals surface area (Å²) in [7, 11) is 0. The van der Waals surface area contributed by atoms with E-state index in [1.165, 1.54) is 0 Å². The van der Waals surface area contributed by atoms with Crippen LogP contribution in [0.3, 0.4) is 0 Å². The molecule has 2 rings (SSSR count). The van der Waals surface area contributed by atoms with Crippen LogP contribution in [-0.4, -0.2) is 72.5 Å². The van der Waals surface area contributed by atoms with E-state index in [0.717, 1.165) is 21.9 Å². The number of fused-ring (bicyclic) bond motifs is 1. The zero-order chi connectivity index (χ0) is 30.6. The second-order valence-corrected chi connectivity index (χ2v) is 13.8. The number of nitrogens with one attached hydrogen (secondary N) is 2. The van der Waals surface area contributed by atoms with Gasteiger partial charge in [0.1, 0.15) is 5.84 Å². The van der Waals surface area contributed by atoms with Gasteiger partial charge in [0, 0.05) is 56.1 Å². The topological polar surface area (TPSA) is 139 Å². The van der Waals surface area contributed by atoms with Crippen molar-refractivity contribution in [2.75, 3.05) is 32.8 Å². The van der Waals surface area contributed by atoms with Crippen molar-refractivity contribution in [1.82, 2.24) is 15.5 Å². The standard InChI is InChI=1S/C30H51N5O5S/c1-8-13-35(14-9-11-32-26(36)19-29(2,3)4)27(37)21-16-24-23(34-25(31)17-21)18-22(41-24)20-39-15-10-12-33-28(38)40-30(5,6)7/h16,18,28,33,38H,8-15,17,19-20H2,1-7H3,(H2,31,34)(H,32,36). The van der Waals surface area contributed by atoms with Gasteiger partial charge in [-0.25, -0.2) is 4.99 Å². The van der Waals surface area contributed by atoms with Gasteiger partial charge in [0.2, 0.25) is 18.2 Å². The fourth-order valence-electron chi connectivity index (χ4n) is 4.22. The minimum Gasteiger partial charge on any atom is -0.387 e. The molecule has 2 amide bonds. The highest BCUT2D eigenvalue weighted by molar-refractivity contribution is 7.13. The van der Waals surface area contributed by atoms with Crippen molar-refractivity contribution in [3.05, 3.63) is 21.4 Å². The first kappa shape index (κ1) is 34.9. The number of carbonyl (C=O) groups is 2. The summed E-state index contributed by atoms with van der Waals surface area (Å²) in [6.45, 7) is 17.0. The van der Waals surface area contributed by atoms with Crippen LogP contribution in [0.2, 0.25) is 0 Å². The quantitative estimate of drug-likeness (QED) is 0.166. The van der Waals surface area contributed by atoms with Gasteiger partial charge in [-0.2, -0.15) is 0 Å². The first-order chi connectivity index (χ1) is 19.2. The SMILES string of the molecule is CCCN(CCCNC(=O)CC(C)(C)C)C(=O)C1=Cc2sc(COCCCNC(O)OC(C)(C)C)cc2N=C(N)C1. The Morgan fingerprint density at radius 2 is 1.90 bits per heavy atom. The van der Waals surface area contributed by atoms with Gasteiger partial charge < -0.3 is 30.5 Å². The normalized spacial score (nSPS) is 14.5. The molecule has 0 aliphatic carbocycles. The second-order valence-electron chi connectivity index (χ2n) is 12.6. The molecule has 0 spiro atoms. The summed E-state index contributed by atoms with van der Waals surface area (Å²) in [4.78, 5) is 33.9. The lowest BCUT2D eigenvalue weighted by atomic mass is 9.92. The number of carbonyl (C=O) groups excluding carboxylic acids is 2. The molecule has 41 heavy (non-hydrogen) atoms. The molecule has 1 atom stereocenters. The smallest absolute Gasteiger partial charge is 0.250 e. The Labute approximate surface area is 249 Å². The number of hydrogen-bond acceptors (Lipinski definition) is 9. The molecule has 0 saturated carbocycles. The highest BCUT2D eigenvalue weighted by Crippen LogP contribution is 2.35. The van der Waals surface area contributed by atoms with Crippen LogP contribution in [0, 0.1) is 5.41 Å². The molecule has 232 valence electrons. The van der Waals surface area contributed by atoms with Gasteiger partial charge in [0.15, 0.2) is 0 Å². The van der Waals surface area contributed by atoms with Crippen LogP contribution in [0.25, 0.3) is 6.08 Å². The van der Waals surface area contributed by atoms with Crippen LogP contribution in [0.5, 0.6) is 0 Å². The third-order valence-corrected chi connectivity index (χ3v) is 6.94. The Bertz CT molecular complexity index is 1050. The Hall–Kier alpha value is -2.31. The molecule has 0 aromatic carbocycles. The van der Waals surface area contributed by atoms with Gasteiger partial charge in [0.25, 0.3) is 0 Å². The van der Waals surface area contributed by atoms with E-state index in [2.05, 4.69) is 15.6 Å². The summed E-state index contributed by atoms with van der Waals surface area (Å²) in [5, 5.41) is 15.7. The molecular formula is C30H51N5O5S. The minimum atomic E-state index is -1.01. The number of aliphatic hydroxyl groups excluding tert-OH is 1. The van der Waals surface area contributed by atoms with Gasteiger partial charge in [-0.15, -0.1) is 11.3 Å². The van der Waals surface area contributed by atoms with Crippen LogP contribution in [0.15, 0.2) is 16.6 Å². The molecule has 1 unspecified atom stereocenters. The first-order valence-corrected chi connectivity index (χ1v) is 15.4. The zero-order valence-electron chi connectivity index (χ0n) is 26.0. The number of nitrogens with two attached hydrogens (primary N) is 1. The Balaban J connectivity index is 1.91. The van der Waals surface area contributed by atoms with Gasteiger partial charge >= 0.3 is 0 Å². The summed E-state index contributed by atoms with van der Waals surface area (Å²) in [5.74, 6) is 0.393. The molecule has 1 aromatic heterocycles. The third-order valence-electron chi connectivity index (χ3n) is 5.90. The molecule has 1 aliphatic rings. The van der Waals surface area contributed by atoms with Crippen molar-refractivity contribution < 1.29 is 24.2 Å². The third kappa shape index (κ3) is 13.9. The van der Waals surface area contributed by atoms with Gasteiger partial charge in [-0.05, 0) is 57.6 Å². The molecule has 1 aromatic rings. The number of amides is 2. The number of nitrogens with zero attached hydrogens (tertiary/aromatic N) is 2. The van der Waals surface area contributed by atoms with E-state index in [1.54, 1.807) is 11.3 Å². The second kappa shape index (κ2) is 16.4. The summed E-state index contributed by atoms with van der Waals surface area (Å²) >= 11 is 1.54. The number of aliphatic imine (C=N–C) groups is 1. The summed E-state index contributed by atoms with van der Waals surface area (Å²) in [6.07, 6.45) is 3.90. The molecule has 1 aliphatic heterocycles. The number of thiophene rings is 1. The van der Waals surface area contributed by atoms with E-state index in [0.29, 0.717) is 76.5 Å². The highest BCUT2D eigenvalue weighted by Gasteiger charge is 2.23. The van der Waals surface area contributed by atoms with E-state index in [4.69, 9.17) is 15.2 Å². The molecule has 10 nitrogen and oxygen atoms in total. The maximum Gasteiger partial charge on any atom is 0.250 e. The number of amidine groups is 1. The van der Waals surface area contributed by atoms with E-state index in [-0.39, 0.29) is 17.2 Å². The predicted octanol–water partition coefficient (Wildman–Crippen LogP) is 4.29. The minimum absolute atomic E-state index is 0.0347. The van der Waals surface area contributed by atoms with Gasteiger partial charge in [-0.1, -0.05) is 27.7 Å². The fraction of sp³-hybridized carbons (Fsp3) is 0.700. The number of rotatable bonds is 16. The molecule has 0 radical (unpaired) electrons. The van der Waals surface area contributed by atoms with Crippen molar-refractivity contribution in [3.63, 3.8) is 0 Å². The molecule has 2 heterocycles. The Morgan fingerprint density at radius 3 is 2.56 bits per heavy atom. The predicted molar refractivity (Wildman–Crippen MR) is 166 cm³/mol. The monoisotopic (exact) mass is 593 g/mol. The van der Waals surface area contributed by atoms with Crippen molar-refractivity contribution >= 4 is 40.8 Å². The lowest BCUT2D eigenvalue weighted by molar-refractivity contribution is -0.181. The molecule has 11 heteroatoms. The van der Waals surface area contributed by atoms with Crippen LogP contribution in [0.1, 0.15) is 90.3 Å². The average Bonchev–Trinajstić information content (AvgIpc) is 3.13. The molecule has 0 saturated heterocycles. The van der Waals surface area contributed by atoms with Gasteiger partial charge in [0.05, 0.1) is 22.8 Å². The number of aliphatic hydroxyl groups is 1. The molecule has 0 fully saturated rings. The lowest BCUT2D eigenvalue weighted by Crippen LogP contribution is -2.38. The van der Waals surface area contributed by atoms with Crippen LogP contribution < -0.4 is 16.4 Å².